The smallest absolute Gasteiger partial charge is 0.481 e. The van der Waals surface area contributed by atoms with Gasteiger partial charge in [-0.15, -0.1) is 5.10 Å². The maximum Gasteiger partial charge on any atom is 0.490 e. The van der Waals surface area contributed by atoms with Crippen molar-refractivity contribution in [3.8, 4) is 5.69 Å². The van der Waals surface area contributed by atoms with Crippen molar-refractivity contribution in [3.05, 3.63) is 41.7 Å². The highest BCUT2D eigenvalue weighted by atomic mass is 33.1. The van der Waals surface area contributed by atoms with Crippen molar-refractivity contribution in [3.63, 3.8) is 0 Å². The van der Waals surface area contributed by atoms with Gasteiger partial charge in [0.1, 0.15) is 0 Å². The lowest BCUT2D eigenvalue weighted by Gasteiger charge is -2.08. The summed E-state index contributed by atoms with van der Waals surface area (Å²) in [5.74, 6) is -3.08. The minimum atomic E-state index is -5.08. The van der Waals surface area contributed by atoms with E-state index in [-0.39, 0.29) is 17.8 Å². The van der Waals surface area contributed by atoms with Gasteiger partial charge in [0.15, 0.2) is 5.69 Å². The Hall–Kier alpha value is -2.95. The summed E-state index contributed by atoms with van der Waals surface area (Å²) in [7, 11) is 2.82. The molecule has 1 aromatic heterocycles. The molecule has 0 saturated carbocycles. The van der Waals surface area contributed by atoms with Crippen LogP contribution in [-0.4, -0.2) is 67.3 Å². The minimum absolute atomic E-state index is 0.0176. The summed E-state index contributed by atoms with van der Waals surface area (Å²) in [5, 5.41) is 25.6. The Balaban J connectivity index is 0.000000718. The number of alkyl halides is 6. The molecule has 0 bridgehead atoms. The lowest BCUT2D eigenvalue weighted by atomic mass is 10.2. The van der Waals surface area contributed by atoms with Gasteiger partial charge < -0.3 is 15.5 Å². The van der Waals surface area contributed by atoms with E-state index in [1.165, 1.54) is 39.9 Å². The van der Waals surface area contributed by atoms with Crippen LogP contribution in [0.4, 0.5) is 26.3 Å². The maximum atomic E-state index is 12.8. The van der Waals surface area contributed by atoms with Gasteiger partial charge in [0, 0.05) is 18.1 Å². The first-order valence-electron chi connectivity index (χ1n) is 8.86. The second kappa shape index (κ2) is 13.1. The van der Waals surface area contributed by atoms with Crippen LogP contribution in [0, 0.1) is 0 Å². The van der Waals surface area contributed by atoms with Crippen LogP contribution in [0.1, 0.15) is 22.5 Å². The van der Waals surface area contributed by atoms with Crippen LogP contribution in [-0.2, 0) is 15.8 Å². The summed E-state index contributed by atoms with van der Waals surface area (Å²) in [5.41, 5.74) is -0.698. The molecule has 0 fully saturated rings. The number of benzene rings is 1. The number of nitrogens with zero attached hydrogens (tertiary/aromatic N) is 3. The van der Waals surface area contributed by atoms with Crippen LogP contribution < -0.4 is 5.32 Å². The van der Waals surface area contributed by atoms with E-state index in [1.54, 1.807) is 0 Å². The molecule has 9 nitrogen and oxygen atoms in total. The van der Waals surface area contributed by atoms with Crippen molar-refractivity contribution < 1.29 is 50.9 Å². The van der Waals surface area contributed by atoms with E-state index < -0.39 is 35.8 Å². The van der Waals surface area contributed by atoms with Crippen LogP contribution in [0.5, 0.6) is 0 Å². The fourth-order valence-corrected chi connectivity index (χ4v) is 3.75. The summed E-state index contributed by atoms with van der Waals surface area (Å²) in [4.78, 5) is 31.2. The zero-order chi connectivity index (χ0) is 25.9. The molecule has 0 atom stereocenters. The summed E-state index contributed by atoms with van der Waals surface area (Å²) >= 11 is 0. The molecule has 0 unspecified atom stereocenters. The molecule has 0 radical (unpaired) electrons. The standard InChI is InChI=1S/C15H15F3N4O3S2.C2HF3O2/c16-15(17,18)10-2-1-3-11(8-10)22-9-12(20-21-22)14(25)19-5-7-27-26-6-4-13(23)24;3-2(4,5)1(6)7/h1-3,8-9H,4-7H2,(H,19,25)(H,23,24);(H,6,7). The number of carbonyl (C=O) groups excluding carboxylic acids is 1. The van der Waals surface area contributed by atoms with E-state index in [0.29, 0.717) is 18.1 Å². The summed E-state index contributed by atoms with van der Waals surface area (Å²) in [6, 6.07) is 4.54. The number of aliphatic carboxylic acids is 2. The van der Waals surface area contributed by atoms with Crippen LogP contribution in [0.15, 0.2) is 30.5 Å². The van der Waals surface area contributed by atoms with E-state index in [2.05, 4.69) is 15.6 Å². The molecular weight excluding hydrogens is 518 g/mol. The Morgan fingerprint density at radius 3 is 2.21 bits per heavy atom. The van der Waals surface area contributed by atoms with Crippen LogP contribution in [0.2, 0.25) is 0 Å². The van der Waals surface area contributed by atoms with Crippen molar-refractivity contribution in [2.24, 2.45) is 0 Å². The molecule has 2 rings (SSSR count). The average Bonchev–Trinajstić information content (AvgIpc) is 3.22. The van der Waals surface area contributed by atoms with Crippen molar-refractivity contribution in [1.29, 1.82) is 0 Å². The first-order chi connectivity index (χ1) is 15.7. The molecule has 3 N–H and O–H groups in total. The molecule has 1 heterocycles. The topological polar surface area (TPSA) is 134 Å². The molecule has 34 heavy (non-hydrogen) atoms. The Morgan fingerprint density at radius 2 is 1.65 bits per heavy atom. The van der Waals surface area contributed by atoms with E-state index in [0.717, 1.165) is 16.8 Å². The Labute approximate surface area is 195 Å². The second-order valence-electron chi connectivity index (χ2n) is 5.94. The van der Waals surface area contributed by atoms with E-state index in [9.17, 15) is 35.9 Å². The van der Waals surface area contributed by atoms with Crippen LogP contribution in [0.25, 0.3) is 5.69 Å². The van der Waals surface area contributed by atoms with Crippen molar-refractivity contribution >= 4 is 39.4 Å². The largest absolute Gasteiger partial charge is 0.490 e. The van der Waals surface area contributed by atoms with E-state index in [4.69, 9.17) is 15.0 Å². The molecule has 2 aromatic rings. The van der Waals surface area contributed by atoms with E-state index in [1.807, 2.05) is 0 Å². The Bertz CT molecular complexity index is 984. The van der Waals surface area contributed by atoms with Gasteiger partial charge in [0.25, 0.3) is 5.91 Å². The number of carbonyl (C=O) groups is 3. The van der Waals surface area contributed by atoms with Gasteiger partial charge in [-0.05, 0) is 18.2 Å². The third kappa shape index (κ3) is 10.8. The molecule has 0 saturated heterocycles. The lowest BCUT2D eigenvalue weighted by Crippen LogP contribution is -2.25. The minimum Gasteiger partial charge on any atom is -0.481 e. The van der Waals surface area contributed by atoms with Gasteiger partial charge in [-0.3, -0.25) is 9.59 Å². The second-order valence-corrected chi connectivity index (χ2v) is 8.65. The summed E-state index contributed by atoms with van der Waals surface area (Å²) in [6.45, 7) is 0.333. The van der Waals surface area contributed by atoms with E-state index >= 15 is 0 Å². The molecule has 1 amide bonds. The molecule has 0 aliphatic heterocycles. The Kier molecular flexibility index (Phi) is 11.2. The van der Waals surface area contributed by atoms with Crippen molar-refractivity contribution in [2.45, 2.75) is 18.8 Å². The van der Waals surface area contributed by atoms with Crippen LogP contribution in [0.3, 0.4) is 0 Å². The number of rotatable bonds is 9. The number of aromatic nitrogens is 3. The van der Waals surface area contributed by atoms with Gasteiger partial charge in [-0.2, -0.15) is 26.3 Å². The number of hydrogen-bond acceptors (Lipinski definition) is 7. The summed E-state index contributed by atoms with van der Waals surface area (Å²) in [6.07, 6.45) is -8.24. The molecule has 0 aliphatic rings. The normalized spacial score (nSPS) is 11.4. The number of carboxylic acids is 2. The number of nitrogens with one attached hydrogen (secondary N) is 1. The van der Waals surface area contributed by atoms with Gasteiger partial charge in [-0.1, -0.05) is 32.9 Å². The SMILES string of the molecule is O=C(O)C(F)(F)F.O=C(O)CCSSCCNC(=O)c1cn(-c2cccc(C(F)(F)F)c2)nn1. The molecular formula is C17H16F6N4O5S2. The van der Waals surface area contributed by atoms with Gasteiger partial charge in [0.05, 0.1) is 23.9 Å². The van der Waals surface area contributed by atoms with Gasteiger partial charge in [-0.25, -0.2) is 9.48 Å². The molecule has 17 heteroatoms. The third-order valence-corrected chi connectivity index (χ3v) is 5.77. The number of halogens is 6. The third-order valence-electron chi connectivity index (χ3n) is 3.36. The molecule has 0 aliphatic carbocycles. The quantitative estimate of drug-likeness (QED) is 0.251. The zero-order valence-electron chi connectivity index (χ0n) is 16.8. The highest BCUT2D eigenvalue weighted by Gasteiger charge is 2.38. The monoisotopic (exact) mass is 534 g/mol. The summed E-state index contributed by atoms with van der Waals surface area (Å²) < 4.78 is 71.1. The highest BCUT2D eigenvalue weighted by Crippen LogP contribution is 2.30. The number of carboxylic acid groups (broad SMARTS) is 2. The van der Waals surface area contributed by atoms with Crippen molar-refractivity contribution in [1.82, 2.24) is 20.3 Å². The van der Waals surface area contributed by atoms with Crippen molar-refractivity contribution in [2.75, 3.05) is 18.1 Å². The molecule has 1 aromatic carbocycles. The van der Waals surface area contributed by atoms with Gasteiger partial charge >= 0.3 is 24.3 Å². The first kappa shape index (κ1) is 29.1. The maximum absolute atomic E-state index is 12.8. The number of amides is 1. The highest BCUT2D eigenvalue weighted by molar-refractivity contribution is 8.76. The Morgan fingerprint density at radius 1 is 1.03 bits per heavy atom. The van der Waals surface area contributed by atoms with Gasteiger partial charge in [0.2, 0.25) is 0 Å². The zero-order valence-corrected chi connectivity index (χ0v) is 18.4. The average molecular weight is 534 g/mol. The predicted molar refractivity (Wildman–Crippen MR) is 110 cm³/mol. The first-order valence-corrected chi connectivity index (χ1v) is 11.3. The predicted octanol–water partition coefficient (Wildman–Crippen LogP) is 3.51. The fourth-order valence-electron chi connectivity index (χ4n) is 1.86. The van der Waals surface area contributed by atoms with Crippen LogP contribution >= 0.6 is 21.6 Å². The fraction of sp³-hybridized carbons (Fsp3) is 0.353. The number of hydrogen-bond donors (Lipinski definition) is 3. The molecule has 188 valence electrons. The molecule has 0 spiro atoms. The lowest BCUT2D eigenvalue weighted by molar-refractivity contribution is -0.192.